The van der Waals surface area contributed by atoms with E-state index >= 15 is 0 Å². The molecule has 1 aromatic rings. The average Bonchev–Trinajstić information content (AvgIpc) is 1.96. The molecule has 0 saturated carbocycles. The molecule has 0 atom stereocenters. The van der Waals surface area contributed by atoms with Crippen molar-refractivity contribution in [1.82, 2.24) is 9.97 Å². The Kier molecular flexibility index (Phi) is 2.09. The highest BCUT2D eigenvalue weighted by Crippen LogP contribution is 2.08. The molecule has 0 aliphatic rings. The second-order valence-corrected chi connectivity index (χ2v) is 2.20. The highest BCUT2D eigenvalue weighted by atomic mass is 16.2. The highest BCUT2D eigenvalue weighted by Gasteiger charge is 2.01. The molecule has 1 heterocycles. The summed E-state index contributed by atoms with van der Waals surface area (Å²) in [4.78, 5) is 26.9. The lowest BCUT2D eigenvalue weighted by Crippen LogP contribution is -2.17. The van der Waals surface area contributed by atoms with Crippen LogP contribution in [0.1, 0.15) is 6.92 Å². The highest BCUT2D eigenvalue weighted by molar-refractivity contribution is 5.90. The van der Waals surface area contributed by atoms with Gasteiger partial charge in [0.05, 0.1) is 11.9 Å². The Morgan fingerprint density at radius 3 is 3.00 bits per heavy atom. The number of H-pyrrole nitrogens is 1. The van der Waals surface area contributed by atoms with Crippen LogP contribution < -0.4 is 16.7 Å². The maximum Gasteiger partial charge on any atom is 0.346 e. The number of nitrogens with zero attached hydrogens (tertiary/aromatic N) is 1. The van der Waals surface area contributed by atoms with Crippen LogP contribution in [0.15, 0.2) is 11.0 Å². The molecule has 0 fully saturated rings. The SMILES string of the molecule is CC(=O)Nc1[nH]c(=O)ncc1N. The van der Waals surface area contributed by atoms with E-state index in [1.165, 1.54) is 13.1 Å². The number of anilines is 2. The minimum absolute atomic E-state index is 0.183. The molecule has 0 aliphatic carbocycles. The summed E-state index contributed by atoms with van der Waals surface area (Å²) in [5, 5.41) is 2.35. The topological polar surface area (TPSA) is 101 Å². The van der Waals surface area contributed by atoms with Crippen molar-refractivity contribution < 1.29 is 4.79 Å². The zero-order valence-corrected chi connectivity index (χ0v) is 6.42. The standard InChI is InChI=1S/C6H8N4O2/c1-3(11)9-5-4(7)2-8-6(12)10-5/h2H,7H2,1H3,(H2,8,9,10,11,12). The lowest BCUT2D eigenvalue weighted by atomic mass is 10.5. The maximum absolute atomic E-state index is 10.7. The number of carbonyl (C=O) groups is 1. The molecular formula is C6H8N4O2. The van der Waals surface area contributed by atoms with Gasteiger partial charge in [0, 0.05) is 6.92 Å². The van der Waals surface area contributed by atoms with Gasteiger partial charge in [-0.25, -0.2) is 4.79 Å². The number of nitrogens with one attached hydrogen (secondary N) is 2. The van der Waals surface area contributed by atoms with Gasteiger partial charge in [-0.1, -0.05) is 0 Å². The van der Waals surface area contributed by atoms with Gasteiger partial charge < -0.3 is 11.1 Å². The summed E-state index contributed by atoms with van der Waals surface area (Å²) in [7, 11) is 0. The van der Waals surface area contributed by atoms with Gasteiger partial charge in [0.15, 0.2) is 0 Å². The normalized spacial score (nSPS) is 9.42. The number of aromatic nitrogens is 2. The van der Waals surface area contributed by atoms with Gasteiger partial charge in [0.25, 0.3) is 0 Å². The van der Waals surface area contributed by atoms with Gasteiger partial charge in [-0.2, -0.15) is 4.98 Å². The molecule has 0 aliphatic heterocycles. The molecular weight excluding hydrogens is 160 g/mol. The monoisotopic (exact) mass is 168 g/mol. The number of carbonyl (C=O) groups excluding carboxylic acids is 1. The predicted molar refractivity (Wildman–Crippen MR) is 43.6 cm³/mol. The molecule has 12 heavy (non-hydrogen) atoms. The first-order valence-electron chi connectivity index (χ1n) is 3.22. The van der Waals surface area contributed by atoms with Crippen molar-refractivity contribution in [2.45, 2.75) is 6.92 Å². The van der Waals surface area contributed by atoms with Crippen LogP contribution in [-0.4, -0.2) is 15.9 Å². The van der Waals surface area contributed by atoms with Gasteiger partial charge in [0.2, 0.25) is 5.91 Å². The fraction of sp³-hybridized carbons (Fsp3) is 0.167. The molecule has 0 radical (unpaired) electrons. The Morgan fingerprint density at radius 1 is 1.75 bits per heavy atom. The predicted octanol–water partition coefficient (Wildman–Crippen LogP) is -0.690. The van der Waals surface area contributed by atoms with Crippen LogP contribution in [0.25, 0.3) is 0 Å². The summed E-state index contributed by atoms with van der Waals surface area (Å²) < 4.78 is 0. The third kappa shape index (κ3) is 1.82. The van der Waals surface area contributed by atoms with Crippen LogP contribution in [0.2, 0.25) is 0 Å². The van der Waals surface area contributed by atoms with Crippen molar-refractivity contribution in [3.8, 4) is 0 Å². The van der Waals surface area contributed by atoms with Crippen LogP contribution in [0.4, 0.5) is 11.5 Å². The third-order valence-electron chi connectivity index (χ3n) is 1.14. The number of amides is 1. The number of hydrogen-bond acceptors (Lipinski definition) is 4. The second-order valence-electron chi connectivity index (χ2n) is 2.20. The van der Waals surface area contributed by atoms with Gasteiger partial charge in [-0.15, -0.1) is 0 Å². The molecule has 0 spiro atoms. The Bertz CT molecular complexity index is 357. The fourth-order valence-electron chi connectivity index (χ4n) is 0.684. The van der Waals surface area contributed by atoms with E-state index in [1.54, 1.807) is 0 Å². The summed E-state index contributed by atoms with van der Waals surface area (Å²) >= 11 is 0. The third-order valence-corrected chi connectivity index (χ3v) is 1.14. The fourth-order valence-corrected chi connectivity index (χ4v) is 0.684. The van der Waals surface area contributed by atoms with Crippen molar-refractivity contribution in [3.63, 3.8) is 0 Å². The lowest BCUT2D eigenvalue weighted by Gasteiger charge is -2.02. The van der Waals surface area contributed by atoms with E-state index in [9.17, 15) is 9.59 Å². The summed E-state index contributed by atoms with van der Waals surface area (Å²) in [5.41, 5.74) is 5.07. The van der Waals surface area contributed by atoms with E-state index in [2.05, 4.69) is 15.3 Å². The number of hydrogen-bond donors (Lipinski definition) is 3. The smallest absolute Gasteiger partial charge is 0.346 e. The van der Waals surface area contributed by atoms with Gasteiger partial charge in [-0.05, 0) is 0 Å². The van der Waals surface area contributed by atoms with Crippen molar-refractivity contribution in [2.24, 2.45) is 0 Å². The summed E-state index contributed by atoms with van der Waals surface area (Å²) in [6, 6.07) is 0. The molecule has 6 heteroatoms. The van der Waals surface area contributed by atoms with Crippen LogP contribution in [0, 0.1) is 0 Å². The number of aromatic amines is 1. The molecule has 1 rings (SSSR count). The molecule has 1 amide bonds. The first-order chi connectivity index (χ1) is 5.59. The molecule has 0 saturated heterocycles. The average molecular weight is 168 g/mol. The molecule has 0 unspecified atom stereocenters. The lowest BCUT2D eigenvalue weighted by molar-refractivity contribution is -0.114. The van der Waals surface area contributed by atoms with Crippen LogP contribution in [-0.2, 0) is 4.79 Å². The second kappa shape index (κ2) is 3.04. The summed E-state index contributed by atoms with van der Waals surface area (Å²) in [6.07, 6.45) is 1.18. The quantitative estimate of drug-likeness (QED) is 0.516. The largest absolute Gasteiger partial charge is 0.395 e. The van der Waals surface area contributed by atoms with E-state index < -0.39 is 5.69 Å². The Labute approximate surface area is 67.8 Å². The van der Waals surface area contributed by atoms with E-state index in [0.717, 1.165) is 0 Å². The van der Waals surface area contributed by atoms with Crippen LogP contribution in [0.3, 0.4) is 0 Å². The Morgan fingerprint density at radius 2 is 2.42 bits per heavy atom. The molecule has 0 bridgehead atoms. The van der Waals surface area contributed by atoms with Gasteiger partial charge in [0.1, 0.15) is 5.82 Å². The zero-order valence-electron chi connectivity index (χ0n) is 6.42. The maximum atomic E-state index is 10.7. The van der Waals surface area contributed by atoms with E-state index in [0.29, 0.717) is 0 Å². The first-order valence-corrected chi connectivity index (χ1v) is 3.22. The van der Waals surface area contributed by atoms with Crippen molar-refractivity contribution in [2.75, 3.05) is 11.1 Å². The Hall–Kier alpha value is -1.85. The van der Waals surface area contributed by atoms with Crippen molar-refractivity contribution in [1.29, 1.82) is 0 Å². The molecule has 6 nitrogen and oxygen atoms in total. The van der Waals surface area contributed by atoms with E-state index in [4.69, 9.17) is 5.73 Å². The van der Waals surface area contributed by atoms with Crippen molar-refractivity contribution in [3.05, 3.63) is 16.7 Å². The van der Waals surface area contributed by atoms with Crippen LogP contribution in [0.5, 0.6) is 0 Å². The minimum Gasteiger partial charge on any atom is -0.395 e. The van der Waals surface area contributed by atoms with Gasteiger partial charge >= 0.3 is 5.69 Å². The van der Waals surface area contributed by atoms with E-state index in [1.807, 2.05) is 0 Å². The zero-order chi connectivity index (χ0) is 9.14. The summed E-state index contributed by atoms with van der Waals surface area (Å²) in [6.45, 7) is 1.32. The molecule has 4 N–H and O–H groups in total. The van der Waals surface area contributed by atoms with Crippen molar-refractivity contribution >= 4 is 17.4 Å². The molecule has 64 valence electrons. The number of nitrogen functional groups attached to an aromatic ring is 1. The Balaban J connectivity index is 3.05. The van der Waals surface area contributed by atoms with Crippen LogP contribution >= 0.6 is 0 Å². The molecule has 1 aromatic heterocycles. The number of nitrogens with two attached hydrogens (primary N) is 1. The van der Waals surface area contributed by atoms with Gasteiger partial charge in [-0.3, -0.25) is 9.78 Å². The van der Waals surface area contributed by atoms with E-state index in [-0.39, 0.29) is 17.4 Å². The molecule has 0 aromatic carbocycles. The number of rotatable bonds is 1. The minimum atomic E-state index is -0.548. The summed E-state index contributed by atoms with van der Waals surface area (Å²) in [5.74, 6) is -0.119. The first kappa shape index (κ1) is 8.25.